The first-order valence-corrected chi connectivity index (χ1v) is 9.36. The average molecular weight is 356 g/mol. The zero-order valence-corrected chi connectivity index (χ0v) is 15.8. The number of anilines is 1. The van der Waals surface area contributed by atoms with Gasteiger partial charge in [0.2, 0.25) is 5.96 Å². The van der Waals surface area contributed by atoms with E-state index in [2.05, 4.69) is 48.7 Å². The molecule has 0 aliphatic carbocycles. The molecule has 25 heavy (non-hydrogen) atoms. The van der Waals surface area contributed by atoms with Crippen LogP contribution in [0.1, 0.15) is 16.9 Å². The molecule has 6 heteroatoms. The van der Waals surface area contributed by atoms with Gasteiger partial charge in [-0.05, 0) is 30.5 Å². The highest BCUT2D eigenvalue weighted by molar-refractivity contribution is 7.09. The monoisotopic (exact) mass is 355 g/mol. The molecule has 2 N–H and O–H groups in total. The summed E-state index contributed by atoms with van der Waals surface area (Å²) in [6.45, 7) is 2.79. The second-order valence-electron chi connectivity index (χ2n) is 6.41. The number of hydrogen-bond donors (Lipinski definition) is 1. The van der Waals surface area contributed by atoms with Crippen molar-refractivity contribution in [2.75, 3.05) is 25.5 Å². The van der Waals surface area contributed by atoms with E-state index in [4.69, 9.17) is 15.7 Å². The second-order valence-corrected chi connectivity index (χ2v) is 7.44. The molecule has 3 rings (SSSR count). The molecular formula is C19H25N5S. The van der Waals surface area contributed by atoms with Crippen molar-refractivity contribution in [1.82, 2.24) is 4.90 Å². The first kappa shape index (κ1) is 17.6. The molecular weight excluding hydrogens is 330 g/mol. The number of nitrogens with two attached hydrogens (primary N) is 1. The highest BCUT2D eigenvalue weighted by Gasteiger charge is 2.28. The van der Waals surface area contributed by atoms with Crippen molar-refractivity contribution in [3.63, 3.8) is 0 Å². The van der Waals surface area contributed by atoms with Gasteiger partial charge in [-0.3, -0.25) is 9.89 Å². The molecule has 1 atom stereocenters. The van der Waals surface area contributed by atoms with Crippen molar-refractivity contribution in [1.29, 1.82) is 0 Å². The van der Waals surface area contributed by atoms with Crippen molar-refractivity contribution in [3.8, 4) is 0 Å². The van der Waals surface area contributed by atoms with E-state index in [1.807, 2.05) is 23.9 Å². The van der Waals surface area contributed by atoms with Gasteiger partial charge in [-0.25, -0.2) is 0 Å². The van der Waals surface area contributed by atoms with Crippen LogP contribution in [0.2, 0.25) is 0 Å². The van der Waals surface area contributed by atoms with Gasteiger partial charge in [0.25, 0.3) is 0 Å². The molecule has 1 aromatic heterocycles. The lowest BCUT2D eigenvalue weighted by Crippen LogP contribution is -2.52. The van der Waals surface area contributed by atoms with Crippen LogP contribution < -0.4 is 10.6 Å². The van der Waals surface area contributed by atoms with Crippen molar-refractivity contribution >= 4 is 28.8 Å². The summed E-state index contributed by atoms with van der Waals surface area (Å²) in [6.07, 6.45) is 1.45. The Kier molecular flexibility index (Phi) is 5.50. The Morgan fingerprint density at radius 1 is 1.28 bits per heavy atom. The fourth-order valence-corrected chi connectivity index (χ4v) is 3.47. The summed E-state index contributed by atoms with van der Waals surface area (Å²) in [7, 11) is 3.99. The van der Waals surface area contributed by atoms with E-state index in [1.165, 1.54) is 10.4 Å². The van der Waals surface area contributed by atoms with Gasteiger partial charge in [0.1, 0.15) is 5.84 Å². The van der Waals surface area contributed by atoms with E-state index in [0.29, 0.717) is 18.9 Å². The van der Waals surface area contributed by atoms with E-state index >= 15 is 0 Å². The lowest BCUT2D eigenvalue weighted by atomic mass is 10.1. The summed E-state index contributed by atoms with van der Waals surface area (Å²) in [5.74, 6) is 1.66. The van der Waals surface area contributed by atoms with E-state index in [1.54, 1.807) is 11.3 Å². The number of hydrogen-bond acceptors (Lipinski definition) is 4. The third-order valence-electron chi connectivity index (χ3n) is 4.19. The van der Waals surface area contributed by atoms with Crippen LogP contribution in [-0.4, -0.2) is 43.5 Å². The molecule has 132 valence electrons. The van der Waals surface area contributed by atoms with Crippen LogP contribution in [0.25, 0.3) is 0 Å². The summed E-state index contributed by atoms with van der Waals surface area (Å²) in [4.78, 5) is 14.9. The smallest absolute Gasteiger partial charge is 0.228 e. The maximum absolute atomic E-state index is 6.47. The van der Waals surface area contributed by atoms with E-state index in [-0.39, 0.29) is 6.17 Å². The lowest BCUT2D eigenvalue weighted by Gasteiger charge is -2.35. The number of guanidine groups is 1. The molecule has 1 aromatic carbocycles. The van der Waals surface area contributed by atoms with Crippen LogP contribution in [0.4, 0.5) is 5.69 Å². The number of thiophene rings is 1. The van der Waals surface area contributed by atoms with Gasteiger partial charge >= 0.3 is 0 Å². The Labute approximate surface area is 153 Å². The maximum Gasteiger partial charge on any atom is 0.228 e. The third kappa shape index (κ3) is 4.27. The standard InChI is InChI=1S/C19H25N5S/c1-14-6-8-15(9-7-14)24-17(20)13-18(23(2)3)22-19(24)21-11-10-16-5-4-12-25-16/h4-9,12,17H,10-11,13,20H2,1-3H3. The number of aliphatic imine (C=N–C) groups is 2. The fraction of sp³-hybridized carbons (Fsp3) is 0.368. The van der Waals surface area contributed by atoms with Crippen molar-refractivity contribution < 1.29 is 0 Å². The Morgan fingerprint density at radius 2 is 2.04 bits per heavy atom. The number of nitrogens with zero attached hydrogens (tertiary/aromatic N) is 4. The zero-order valence-electron chi connectivity index (χ0n) is 15.0. The summed E-state index contributed by atoms with van der Waals surface area (Å²) in [5.41, 5.74) is 8.74. The highest BCUT2D eigenvalue weighted by Crippen LogP contribution is 2.22. The molecule has 0 bridgehead atoms. The van der Waals surface area contributed by atoms with Crippen LogP contribution in [0, 0.1) is 6.92 Å². The van der Waals surface area contributed by atoms with Crippen LogP contribution >= 0.6 is 11.3 Å². The molecule has 0 fully saturated rings. The van der Waals surface area contributed by atoms with Gasteiger partial charge in [0.05, 0.1) is 6.17 Å². The fourth-order valence-electron chi connectivity index (χ4n) is 2.77. The molecule has 1 unspecified atom stereocenters. The summed E-state index contributed by atoms with van der Waals surface area (Å²) in [5, 5.41) is 2.10. The number of benzene rings is 1. The predicted octanol–water partition coefficient (Wildman–Crippen LogP) is 3.11. The van der Waals surface area contributed by atoms with Gasteiger partial charge in [-0.2, -0.15) is 4.99 Å². The quantitative estimate of drug-likeness (QED) is 0.917. The Bertz CT molecular complexity index is 747. The molecule has 0 radical (unpaired) electrons. The molecule has 0 saturated carbocycles. The number of amidine groups is 1. The first-order chi connectivity index (χ1) is 12.0. The molecule has 5 nitrogen and oxygen atoms in total. The Hall–Kier alpha value is -2.18. The van der Waals surface area contributed by atoms with Crippen molar-refractivity contribution in [2.24, 2.45) is 15.7 Å². The summed E-state index contributed by atoms with van der Waals surface area (Å²) >= 11 is 1.76. The van der Waals surface area contributed by atoms with Gasteiger partial charge in [-0.15, -0.1) is 11.3 Å². The molecule has 1 aliphatic heterocycles. The molecule has 2 heterocycles. The first-order valence-electron chi connectivity index (χ1n) is 8.48. The zero-order chi connectivity index (χ0) is 17.8. The van der Waals surface area contributed by atoms with Gasteiger partial charge in [0.15, 0.2) is 0 Å². The maximum atomic E-state index is 6.47. The lowest BCUT2D eigenvalue weighted by molar-refractivity contribution is 0.570. The van der Waals surface area contributed by atoms with Crippen LogP contribution in [0.3, 0.4) is 0 Å². The van der Waals surface area contributed by atoms with Crippen LogP contribution in [-0.2, 0) is 6.42 Å². The average Bonchev–Trinajstić information content (AvgIpc) is 3.09. The van der Waals surface area contributed by atoms with E-state index < -0.39 is 0 Å². The van der Waals surface area contributed by atoms with E-state index in [9.17, 15) is 0 Å². The van der Waals surface area contributed by atoms with Gasteiger partial charge in [-0.1, -0.05) is 23.8 Å². The topological polar surface area (TPSA) is 57.2 Å². The molecule has 0 amide bonds. The minimum absolute atomic E-state index is 0.168. The van der Waals surface area contributed by atoms with E-state index in [0.717, 1.165) is 17.9 Å². The predicted molar refractivity (Wildman–Crippen MR) is 108 cm³/mol. The molecule has 1 aliphatic rings. The SMILES string of the molecule is Cc1ccc(N2C(=NCCc3cccs3)N=C(N(C)C)CC2N)cc1. The molecule has 0 saturated heterocycles. The summed E-state index contributed by atoms with van der Waals surface area (Å²) < 4.78 is 0. The number of rotatable bonds is 4. The van der Waals surface area contributed by atoms with Gasteiger partial charge in [0, 0.05) is 44.0 Å². The minimum Gasteiger partial charge on any atom is -0.366 e. The van der Waals surface area contributed by atoms with Gasteiger partial charge < -0.3 is 10.6 Å². The highest BCUT2D eigenvalue weighted by atomic mass is 32.1. The third-order valence-corrected chi connectivity index (χ3v) is 5.12. The number of aryl methyl sites for hydroxylation is 1. The minimum atomic E-state index is -0.168. The normalized spacial score (nSPS) is 19.2. The van der Waals surface area contributed by atoms with Crippen molar-refractivity contribution in [2.45, 2.75) is 25.9 Å². The van der Waals surface area contributed by atoms with Crippen LogP contribution in [0.5, 0.6) is 0 Å². The second kappa shape index (κ2) is 7.80. The molecule has 2 aromatic rings. The molecule has 0 spiro atoms. The largest absolute Gasteiger partial charge is 0.366 e. The Balaban J connectivity index is 1.88. The van der Waals surface area contributed by atoms with Crippen molar-refractivity contribution in [3.05, 3.63) is 52.2 Å². The van der Waals surface area contributed by atoms with Crippen LogP contribution in [0.15, 0.2) is 51.8 Å². The Morgan fingerprint density at radius 3 is 2.68 bits per heavy atom. The summed E-state index contributed by atoms with van der Waals surface area (Å²) in [6, 6.07) is 12.6.